The predicted octanol–water partition coefficient (Wildman–Crippen LogP) is 0.797. The SMILES string of the molecule is CC1(c2ccccc2)N=C(N)NC1=N. The fourth-order valence-corrected chi connectivity index (χ4v) is 1.55. The summed E-state index contributed by atoms with van der Waals surface area (Å²) in [6, 6.07) is 9.68. The van der Waals surface area contributed by atoms with Crippen molar-refractivity contribution in [3.63, 3.8) is 0 Å². The van der Waals surface area contributed by atoms with Crippen molar-refractivity contribution < 1.29 is 0 Å². The minimum Gasteiger partial charge on any atom is -0.370 e. The van der Waals surface area contributed by atoms with E-state index >= 15 is 0 Å². The molecule has 0 saturated carbocycles. The van der Waals surface area contributed by atoms with Crippen molar-refractivity contribution >= 4 is 11.8 Å². The van der Waals surface area contributed by atoms with Gasteiger partial charge in [0.05, 0.1) is 0 Å². The van der Waals surface area contributed by atoms with Crippen LogP contribution in [0.5, 0.6) is 0 Å². The average Bonchev–Trinajstić information content (AvgIpc) is 2.43. The van der Waals surface area contributed by atoms with E-state index in [1.165, 1.54) is 0 Å². The monoisotopic (exact) mass is 188 g/mol. The Morgan fingerprint density at radius 2 is 2.00 bits per heavy atom. The lowest BCUT2D eigenvalue weighted by atomic mass is 9.92. The summed E-state index contributed by atoms with van der Waals surface area (Å²) in [5, 5.41) is 10.5. The highest BCUT2D eigenvalue weighted by atomic mass is 15.2. The summed E-state index contributed by atoms with van der Waals surface area (Å²) in [7, 11) is 0. The van der Waals surface area contributed by atoms with Crippen LogP contribution in [0.1, 0.15) is 12.5 Å². The van der Waals surface area contributed by atoms with E-state index in [9.17, 15) is 0 Å². The Kier molecular flexibility index (Phi) is 1.77. The van der Waals surface area contributed by atoms with Crippen LogP contribution in [0.2, 0.25) is 0 Å². The zero-order valence-electron chi connectivity index (χ0n) is 7.91. The Hall–Kier alpha value is -1.84. The van der Waals surface area contributed by atoms with Crippen LogP contribution < -0.4 is 11.1 Å². The van der Waals surface area contributed by atoms with Gasteiger partial charge in [0.2, 0.25) is 0 Å². The first-order valence-electron chi connectivity index (χ1n) is 4.40. The molecule has 0 aliphatic carbocycles. The van der Waals surface area contributed by atoms with E-state index in [4.69, 9.17) is 11.1 Å². The molecule has 14 heavy (non-hydrogen) atoms. The number of amidine groups is 1. The summed E-state index contributed by atoms with van der Waals surface area (Å²) >= 11 is 0. The molecule has 0 fully saturated rings. The Labute approximate surface area is 82.4 Å². The molecule has 1 heterocycles. The minimum atomic E-state index is -0.647. The van der Waals surface area contributed by atoms with Gasteiger partial charge in [0.15, 0.2) is 5.96 Å². The summed E-state index contributed by atoms with van der Waals surface area (Å²) in [5.41, 5.74) is 5.86. The fourth-order valence-electron chi connectivity index (χ4n) is 1.55. The van der Waals surface area contributed by atoms with E-state index in [-0.39, 0.29) is 0 Å². The third kappa shape index (κ3) is 1.16. The van der Waals surface area contributed by atoms with Gasteiger partial charge in [0.25, 0.3) is 0 Å². The molecule has 4 N–H and O–H groups in total. The van der Waals surface area contributed by atoms with Crippen LogP contribution in [-0.2, 0) is 5.54 Å². The molecule has 0 radical (unpaired) electrons. The van der Waals surface area contributed by atoms with Gasteiger partial charge in [0, 0.05) is 0 Å². The van der Waals surface area contributed by atoms with Gasteiger partial charge in [-0.05, 0) is 12.5 Å². The molecule has 72 valence electrons. The second-order valence-electron chi connectivity index (χ2n) is 3.44. The minimum absolute atomic E-state index is 0.307. The van der Waals surface area contributed by atoms with Gasteiger partial charge < -0.3 is 11.1 Å². The third-order valence-corrected chi connectivity index (χ3v) is 2.42. The smallest absolute Gasteiger partial charge is 0.195 e. The van der Waals surface area contributed by atoms with Gasteiger partial charge in [-0.3, -0.25) is 5.41 Å². The molecule has 0 saturated heterocycles. The van der Waals surface area contributed by atoms with Crippen molar-refractivity contribution in [3.05, 3.63) is 35.9 Å². The van der Waals surface area contributed by atoms with Gasteiger partial charge in [-0.1, -0.05) is 30.3 Å². The number of benzene rings is 1. The Morgan fingerprint density at radius 3 is 2.50 bits per heavy atom. The van der Waals surface area contributed by atoms with E-state index in [1.807, 2.05) is 37.3 Å². The van der Waals surface area contributed by atoms with E-state index < -0.39 is 5.54 Å². The van der Waals surface area contributed by atoms with E-state index in [2.05, 4.69) is 10.3 Å². The molecule has 0 bridgehead atoms. The molecule has 0 spiro atoms. The molecule has 1 aromatic rings. The zero-order valence-corrected chi connectivity index (χ0v) is 7.91. The van der Waals surface area contributed by atoms with Crippen LogP contribution in [0.15, 0.2) is 35.3 Å². The third-order valence-electron chi connectivity index (χ3n) is 2.42. The van der Waals surface area contributed by atoms with Crippen molar-refractivity contribution in [1.29, 1.82) is 5.41 Å². The number of hydrogen-bond acceptors (Lipinski definition) is 3. The summed E-state index contributed by atoms with van der Waals surface area (Å²) < 4.78 is 0. The highest BCUT2D eigenvalue weighted by Crippen LogP contribution is 2.28. The molecule has 1 aromatic carbocycles. The zero-order chi connectivity index (χ0) is 10.2. The number of hydrogen-bond donors (Lipinski definition) is 3. The van der Waals surface area contributed by atoms with Crippen LogP contribution in [0.3, 0.4) is 0 Å². The lowest BCUT2D eigenvalue weighted by Gasteiger charge is -2.19. The molecular weight excluding hydrogens is 176 g/mol. The molecule has 1 unspecified atom stereocenters. The van der Waals surface area contributed by atoms with E-state index in [0.29, 0.717) is 11.8 Å². The Bertz CT molecular complexity index is 396. The quantitative estimate of drug-likeness (QED) is 0.609. The van der Waals surface area contributed by atoms with Gasteiger partial charge in [0.1, 0.15) is 11.4 Å². The van der Waals surface area contributed by atoms with E-state index in [1.54, 1.807) is 0 Å². The Morgan fingerprint density at radius 1 is 1.36 bits per heavy atom. The number of guanidine groups is 1. The summed E-state index contributed by atoms with van der Waals surface area (Å²) in [6.45, 7) is 1.87. The van der Waals surface area contributed by atoms with Crippen molar-refractivity contribution in [3.8, 4) is 0 Å². The topological polar surface area (TPSA) is 74.3 Å². The van der Waals surface area contributed by atoms with Gasteiger partial charge >= 0.3 is 0 Å². The maximum Gasteiger partial charge on any atom is 0.195 e. The van der Waals surface area contributed by atoms with Crippen molar-refractivity contribution in [2.45, 2.75) is 12.5 Å². The molecule has 0 aromatic heterocycles. The first-order chi connectivity index (χ1) is 6.63. The number of nitrogens with one attached hydrogen (secondary N) is 2. The van der Waals surface area contributed by atoms with Gasteiger partial charge in [-0.15, -0.1) is 0 Å². The van der Waals surface area contributed by atoms with Crippen LogP contribution >= 0.6 is 0 Å². The maximum atomic E-state index is 7.76. The second-order valence-corrected chi connectivity index (χ2v) is 3.44. The highest BCUT2D eigenvalue weighted by molar-refractivity contribution is 6.08. The van der Waals surface area contributed by atoms with Crippen molar-refractivity contribution in [2.24, 2.45) is 10.7 Å². The highest BCUT2D eigenvalue weighted by Gasteiger charge is 2.36. The first-order valence-corrected chi connectivity index (χ1v) is 4.40. The van der Waals surface area contributed by atoms with E-state index in [0.717, 1.165) is 5.56 Å². The van der Waals surface area contributed by atoms with Crippen LogP contribution in [0.25, 0.3) is 0 Å². The number of nitrogens with zero attached hydrogens (tertiary/aromatic N) is 1. The number of aliphatic imine (C=N–C) groups is 1. The summed E-state index contributed by atoms with van der Waals surface area (Å²) in [5.74, 6) is 0.627. The maximum absolute atomic E-state index is 7.76. The molecule has 1 aliphatic rings. The molecule has 1 aliphatic heterocycles. The van der Waals surface area contributed by atoms with Crippen LogP contribution in [0, 0.1) is 5.41 Å². The average molecular weight is 188 g/mol. The lowest BCUT2D eigenvalue weighted by molar-refractivity contribution is 0.684. The second kappa shape index (κ2) is 2.83. The first kappa shape index (κ1) is 8.74. The standard InChI is InChI=1S/C10H12N4/c1-10(7-5-3-2-4-6-7)8(11)13-9(12)14-10/h2-6H,1H3,(H4,11,12,13,14). The Balaban J connectivity index is 2.48. The summed E-state index contributed by atoms with van der Waals surface area (Å²) in [6.07, 6.45) is 0. The molecular formula is C10H12N4. The molecule has 4 heteroatoms. The molecule has 2 rings (SSSR count). The number of nitrogens with two attached hydrogens (primary N) is 1. The van der Waals surface area contributed by atoms with Crippen molar-refractivity contribution in [2.75, 3.05) is 0 Å². The molecule has 4 nitrogen and oxygen atoms in total. The van der Waals surface area contributed by atoms with Gasteiger partial charge in [-0.2, -0.15) is 0 Å². The largest absolute Gasteiger partial charge is 0.370 e. The number of rotatable bonds is 1. The summed E-state index contributed by atoms with van der Waals surface area (Å²) in [4.78, 5) is 4.23. The molecule has 1 atom stereocenters. The van der Waals surface area contributed by atoms with Crippen molar-refractivity contribution in [1.82, 2.24) is 5.32 Å². The normalized spacial score (nSPS) is 25.8. The van der Waals surface area contributed by atoms with Gasteiger partial charge in [-0.25, -0.2) is 4.99 Å². The predicted molar refractivity (Wildman–Crippen MR) is 56.3 cm³/mol. The van der Waals surface area contributed by atoms with Crippen LogP contribution in [-0.4, -0.2) is 11.8 Å². The van der Waals surface area contributed by atoms with Crippen LogP contribution in [0.4, 0.5) is 0 Å². The fraction of sp³-hybridized carbons (Fsp3) is 0.200. The molecule has 0 amide bonds. The lowest BCUT2D eigenvalue weighted by Crippen LogP contribution is -2.36.